The molecule has 34 heavy (non-hydrogen) atoms. The highest BCUT2D eigenvalue weighted by atomic mass is 35.5. The van der Waals surface area contributed by atoms with Gasteiger partial charge in [0.15, 0.2) is 6.61 Å². The highest BCUT2D eigenvalue weighted by Crippen LogP contribution is 2.26. The lowest BCUT2D eigenvalue weighted by atomic mass is 9.95. The van der Waals surface area contributed by atoms with Crippen LogP contribution in [0.3, 0.4) is 0 Å². The zero-order valence-electron chi connectivity index (χ0n) is 20.2. The summed E-state index contributed by atoms with van der Waals surface area (Å²) in [7, 11) is 0. The normalized spacial score (nSPS) is 15.0. The Morgan fingerprint density at radius 2 is 1.74 bits per heavy atom. The number of hydrogen-bond donors (Lipinski definition) is 1. The van der Waals surface area contributed by atoms with Crippen molar-refractivity contribution in [2.24, 2.45) is 0 Å². The predicted octanol–water partition coefficient (Wildman–Crippen LogP) is 5.73. The van der Waals surface area contributed by atoms with Crippen LogP contribution in [0.15, 0.2) is 36.4 Å². The lowest BCUT2D eigenvalue weighted by Crippen LogP contribution is -2.52. The van der Waals surface area contributed by atoms with Crippen molar-refractivity contribution in [2.75, 3.05) is 6.61 Å². The van der Waals surface area contributed by atoms with E-state index >= 15 is 0 Å². The first-order valence-electron chi connectivity index (χ1n) is 12.0. The van der Waals surface area contributed by atoms with Gasteiger partial charge in [-0.25, -0.2) is 4.39 Å². The van der Waals surface area contributed by atoms with Crippen LogP contribution >= 0.6 is 11.6 Å². The van der Waals surface area contributed by atoms with Crippen LogP contribution in [0.4, 0.5) is 4.39 Å². The minimum atomic E-state index is -0.642. The van der Waals surface area contributed by atoms with Gasteiger partial charge in [-0.2, -0.15) is 0 Å². The molecular formula is C27H34ClFN2O3. The van der Waals surface area contributed by atoms with Gasteiger partial charge in [0, 0.05) is 17.6 Å². The third kappa shape index (κ3) is 6.95. The molecule has 5 nitrogen and oxygen atoms in total. The topological polar surface area (TPSA) is 58.6 Å². The molecule has 0 saturated heterocycles. The predicted molar refractivity (Wildman–Crippen MR) is 132 cm³/mol. The van der Waals surface area contributed by atoms with Crippen LogP contribution < -0.4 is 10.1 Å². The molecule has 0 aliphatic heterocycles. The Hall–Kier alpha value is -2.60. The number of benzene rings is 2. The van der Waals surface area contributed by atoms with Crippen LogP contribution in [0.5, 0.6) is 5.75 Å². The molecular weight excluding hydrogens is 455 g/mol. The number of carbonyl (C=O) groups excluding carboxylic acids is 2. The van der Waals surface area contributed by atoms with Crippen molar-refractivity contribution >= 4 is 23.4 Å². The summed E-state index contributed by atoms with van der Waals surface area (Å²) in [5, 5.41) is 3.82. The van der Waals surface area contributed by atoms with Gasteiger partial charge in [0.1, 0.15) is 17.6 Å². The summed E-state index contributed by atoms with van der Waals surface area (Å²) in [6.07, 6.45) is 5.80. The summed E-state index contributed by atoms with van der Waals surface area (Å²) in [6, 6.07) is 9.07. The van der Waals surface area contributed by atoms with Crippen LogP contribution in [0.1, 0.15) is 62.1 Å². The molecule has 2 amide bonds. The second kappa shape index (κ2) is 12.2. The number of aryl methyl sites for hydroxylation is 2. The number of rotatable bonds is 9. The van der Waals surface area contributed by atoms with Gasteiger partial charge in [-0.05, 0) is 74.1 Å². The van der Waals surface area contributed by atoms with E-state index in [-0.39, 0.29) is 36.8 Å². The largest absolute Gasteiger partial charge is 0.484 e. The Morgan fingerprint density at radius 1 is 1.12 bits per heavy atom. The van der Waals surface area contributed by atoms with Gasteiger partial charge < -0.3 is 15.0 Å². The summed E-state index contributed by atoms with van der Waals surface area (Å²) < 4.78 is 19.2. The van der Waals surface area contributed by atoms with E-state index in [1.54, 1.807) is 29.2 Å². The zero-order valence-corrected chi connectivity index (χ0v) is 21.0. The minimum Gasteiger partial charge on any atom is -0.484 e. The Labute approximate surface area is 206 Å². The van der Waals surface area contributed by atoms with E-state index in [4.69, 9.17) is 16.3 Å². The van der Waals surface area contributed by atoms with Crippen molar-refractivity contribution in [1.82, 2.24) is 10.2 Å². The van der Waals surface area contributed by atoms with E-state index in [0.29, 0.717) is 17.2 Å². The number of nitrogens with one attached hydrogen (secondary N) is 1. The summed E-state index contributed by atoms with van der Waals surface area (Å²) in [5.41, 5.74) is 2.48. The van der Waals surface area contributed by atoms with Crippen LogP contribution in [-0.2, 0) is 16.1 Å². The number of halogens is 2. The van der Waals surface area contributed by atoms with Crippen LogP contribution in [0.2, 0.25) is 5.02 Å². The third-order valence-corrected chi connectivity index (χ3v) is 6.97. The molecule has 1 unspecified atom stereocenters. The van der Waals surface area contributed by atoms with Crippen molar-refractivity contribution in [1.29, 1.82) is 0 Å². The molecule has 0 aromatic heterocycles. The highest BCUT2D eigenvalue weighted by molar-refractivity contribution is 6.32. The minimum absolute atomic E-state index is 0.148. The first-order valence-corrected chi connectivity index (χ1v) is 12.4. The zero-order chi connectivity index (χ0) is 24.7. The van der Waals surface area contributed by atoms with Gasteiger partial charge in [-0.3, -0.25) is 9.59 Å². The molecule has 2 aromatic rings. The molecule has 7 heteroatoms. The monoisotopic (exact) mass is 488 g/mol. The van der Waals surface area contributed by atoms with Crippen molar-refractivity contribution in [3.05, 3.63) is 63.9 Å². The van der Waals surface area contributed by atoms with E-state index in [9.17, 15) is 14.0 Å². The van der Waals surface area contributed by atoms with Crippen LogP contribution in [0, 0.1) is 19.7 Å². The van der Waals surface area contributed by atoms with Crippen LogP contribution in [-0.4, -0.2) is 35.4 Å². The Morgan fingerprint density at radius 3 is 2.32 bits per heavy atom. The molecule has 2 aromatic carbocycles. The molecule has 1 saturated carbocycles. The van der Waals surface area contributed by atoms with Crippen LogP contribution in [0.25, 0.3) is 0 Å². The second-order valence-corrected chi connectivity index (χ2v) is 9.45. The summed E-state index contributed by atoms with van der Waals surface area (Å²) >= 11 is 6.24. The average Bonchev–Trinajstić information content (AvgIpc) is 2.82. The Bertz CT molecular complexity index is 967. The highest BCUT2D eigenvalue weighted by Gasteiger charge is 2.30. The van der Waals surface area contributed by atoms with Crippen molar-refractivity contribution in [2.45, 2.75) is 77.9 Å². The molecule has 0 bridgehead atoms. The van der Waals surface area contributed by atoms with Gasteiger partial charge >= 0.3 is 0 Å². The first-order chi connectivity index (χ1) is 16.3. The average molecular weight is 489 g/mol. The van der Waals surface area contributed by atoms with E-state index < -0.39 is 6.04 Å². The van der Waals surface area contributed by atoms with Gasteiger partial charge in [0.25, 0.3) is 5.91 Å². The fourth-order valence-electron chi connectivity index (χ4n) is 4.47. The van der Waals surface area contributed by atoms with Crippen molar-refractivity contribution in [3.63, 3.8) is 0 Å². The van der Waals surface area contributed by atoms with Crippen molar-refractivity contribution in [3.8, 4) is 5.75 Å². The van der Waals surface area contributed by atoms with Gasteiger partial charge in [-0.1, -0.05) is 49.9 Å². The molecule has 0 spiro atoms. The third-order valence-electron chi connectivity index (χ3n) is 6.38. The molecule has 0 heterocycles. The molecule has 1 aliphatic carbocycles. The first kappa shape index (κ1) is 26.0. The Kier molecular flexibility index (Phi) is 9.34. The molecule has 0 radical (unpaired) electrons. The smallest absolute Gasteiger partial charge is 0.261 e. The maximum absolute atomic E-state index is 13.4. The summed E-state index contributed by atoms with van der Waals surface area (Å²) in [6.45, 7) is 5.64. The van der Waals surface area contributed by atoms with Gasteiger partial charge in [0.2, 0.25) is 5.91 Å². The van der Waals surface area contributed by atoms with Crippen molar-refractivity contribution < 1.29 is 18.7 Å². The fourth-order valence-corrected chi connectivity index (χ4v) is 4.58. The van der Waals surface area contributed by atoms with Gasteiger partial charge in [0.05, 0.1) is 0 Å². The number of ether oxygens (including phenoxy) is 1. The standard InChI is InChI=1S/C27H34ClFN2O3/c1-4-24(27(33)30-22-8-6-5-7-9-22)31(16-20-10-12-21(29)13-11-20)25(32)17-34-23-14-18(2)26(28)19(3)15-23/h10-15,22,24H,4-9,16-17H2,1-3H3,(H,30,33). The maximum atomic E-state index is 13.4. The molecule has 3 rings (SSSR count). The number of amides is 2. The molecule has 184 valence electrons. The lowest BCUT2D eigenvalue weighted by molar-refractivity contribution is -0.143. The van der Waals surface area contributed by atoms with E-state index in [1.807, 2.05) is 20.8 Å². The second-order valence-electron chi connectivity index (χ2n) is 9.08. The van der Waals surface area contributed by atoms with Gasteiger partial charge in [-0.15, -0.1) is 0 Å². The van der Waals surface area contributed by atoms with E-state index in [2.05, 4.69) is 5.32 Å². The Balaban J connectivity index is 1.77. The maximum Gasteiger partial charge on any atom is 0.261 e. The number of nitrogens with zero attached hydrogens (tertiary/aromatic N) is 1. The summed E-state index contributed by atoms with van der Waals surface area (Å²) in [4.78, 5) is 28.1. The van der Waals surface area contributed by atoms with E-state index in [0.717, 1.165) is 42.4 Å². The SMILES string of the molecule is CCC(C(=O)NC1CCCCC1)N(Cc1ccc(F)cc1)C(=O)COc1cc(C)c(Cl)c(C)c1. The molecule has 1 N–H and O–H groups in total. The van der Waals surface area contributed by atoms with E-state index in [1.165, 1.54) is 18.6 Å². The molecule has 1 aliphatic rings. The number of hydrogen-bond acceptors (Lipinski definition) is 3. The molecule has 1 atom stereocenters. The summed E-state index contributed by atoms with van der Waals surface area (Å²) in [5.74, 6) is -0.252. The molecule has 1 fully saturated rings. The number of carbonyl (C=O) groups is 2. The quantitative estimate of drug-likeness (QED) is 0.490. The lowest BCUT2D eigenvalue weighted by Gasteiger charge is -2.32. The fraction of sp³-hybridized carbons (Fsp3) is 0.481.